The highest BCUT2D eigenvalue weighted by molar-refractivity contribution is 5.38. The fourth-order valence-corrected chi connectivity index (χ4v) is 1.44. The fourth-order valence-electron chi connectivity index (χ4n) is 1.44. The smallest absolute Gasteiger partial charge is 0.0314 e. The molecule has 0 fully saturated rings. The zero-order chi connectivity index (χ0) is 12.4. The van der Waals surface area contributed by atoms with Crippen molar-refractivity contribution >= 4 is 5.69 Å². The topological polar surface area (TPSA) is 29.3 Å². The van der Waals surface area contributed by atoms with Gasteiger partial charge in [-0.3, -0.25) is 0 Å². The Morgan fingerprint density at radius 1 is 1.00 bits per heavy atom. The molecule has 1 aromatic rings. The Morgan fingerprint density at radius 3 is 1.75 bits per heavy atom. The van der Waals surface area contributed by atoms with Crippen LogP contribution in [-0.4, -0.2) is 25.0 Å². The molecule has 0 spiro atoms. The normalized spacial score (nSPS) is 9.81. The molecule has 2 nitrogen and oxygen atoms in total. The van der Waals surface area contributed by atoms with Gasteiger partial charge in [0.2, 0.25) is 0 Å². The van der Waals surface area contributed by atoms with Gasteiger partial charge in [0, 0.05) is 5.69 Å². The van der Waals surface area contributed by atoms with Crippen molar-refractivity contribution in [3.05, 3.63) is 29.8 Å². The SMILES string of the molecule is CCCN(C)CCC.Cc1ccc(N)cc1. The number of aryl methyl sites for hydroxylation is 1. The van der Waals surface area contributed by atoms with Crippen LogP contribution in [0.5, 0.6) is 0 Å². The average Bonchev–Trinajstić information content (AvgIpc) is 2.24. The van der Waals surface area contributed by atoms with E-state index in [0.29, 0.717) is 0 Å². The maximum atomic E-state index is 5.43. The lowest BCUT2D eigenvalue weighted by Crippen LogP contribution is -2.19. The van der Waals surface area contributed by atoms with Gasteiger partial charge in [0.1, 0.15) is 0 Å². The molecular formula is C14H26N2. The lowest BCUT2D eigenvalue weighted by Gasteiger charge is -2.12. The highest BCUT2D eigenvalue weighted by atomic mass is 15.1. The first-order valence-corrected chi connectivity index (χ1v) is 6.10. The zero-order valence-electron chi connectivity index (χ0n) is 11.2. The Hall–Kier alpha value is -1.02. The van der Waals surface area contributed by atoms with Crippen molar-refractivity contribution in [2.45, 2.75) is 33.6 Å². The number of hydrogen-bond donors (Lipinski definition) is 1. The van der Waals surface area contributed by atoms with Gasteiger partial charge in [-0.2, -0.15) is 0 Å². The molecule has 0 radical (unpaired) electrons. The zero-order valence-corrected chi connectivity index (χ0v) is 11.2. The van der Waals surface area contributed by atoms with E-state index in [1.165, 1.54) is 31.5 Å². The number of nitrogens with zero attached hydrogens (tertiary/aromatic N) is 1. The van der Waals surface area contributed by atoms with E-state index >= 15 is 0 Å². The van der Waals surface area contributed by atoms with Crippen LogP contribution in [0.3, 0.4) is 0 Å². The average molecular weight is 222 g/mol. The second-order valence-electron chi connectivity index (χ2n) is 4.21. The molecule has 0 aliphatic carbocycles. The Morgan fingerprint density at radius 2 is 1.44 bits per heavy atom. The summed E-state index contributed by atoms with van der Waals surface area (Å²) in [5.74, 6) is 0. The van der Waals surface area contributed by atoms with Gasteiger partial charge < -0.3 is 10.6 Å². The molecule has 0 bridgehead atoms. The predicted molar refractivity (Wildman–Crippen MR) is 73.7 cm³/mol. The second-order valence-corrected chi connectivity index (χ2v) is 4.21. The minimum absolute atomic E-state index is 0.829. The summed E-state index contributed by atoms with van der Waals surface area (Å²) in [5.41, 5.74) is 7.51. The minimum atomic E-state index is 0.829. The summed E-state index contributed by atoms with van der Waals surface area (Å²) in [4.78, 5) is 2.36. The van der Waals surface area contributed by atoms with Crippen LogP contribution in [0.2, 0.25) is 0 Å². The summed E-state index contributed by atoms with van der Waals surface area (Å²) in [6.45, 7) is 8.96. The third kappa shape index (κ3) is 8.30. The summed E-state index contributed by atoms with van der Waals surface area (Å²) in [6.07, 6.45) is 2.55. The minimum Gasteiger partial charge on any atom is -0.399 e. The third-order valence-electron chi connectivity index (χ3n) is 2.29. The molecule has 2 N–H and O–H groups in total. The van der Waals surface area contributed by atoms with Crippen LogP contribution in [0.4, 0.5) is 5.69 Å². The standard InChI is InChI=1S/C7H9N.C7H17N/c1-6-2-4-7(8)5-3-6;1-4-6-8(3)7-5-2/h2-5H,8H2,1H3;4-7H2,1-3H3. The molecule has 0 amide bonds. The van der Waals surface area contributed by atoms with Crippen LogP contribution in [-0.2, 0) is 0 Å². The largest absolute Gasteiger partial charge is 0.399 e. The monoisotopic (exact) mass is 222 g/mol. The molecule has 0 aromatic heterocycles. The first-order chi connectivity index (χ1) is 7.60. The highest BCUT2D eigenvalue weighted by Crippen LogP contribution is 2.02. The van der Waals surface area contributed by atoms with E-state index in [1.807, 2.05) is 31.2 Å². The van der Waals surface area contributed by atoms with Gasteiger partial charge in [0.25, 0.3) is 0 Å². The number of nitrogens with two attached hydrogens (primary N) is 1. The van der Waals surface area contributed by atoms with Crippen LogP contribution in [0, 0.1) is 6.92 Å². The predicted octanol–water partition coefficient (Wildman–Crippen LogP) is 3.32. The van der Waals surface area contributed by atoms with Crippen LogP contribution >= 0.6 is 0 Å². The van der Waals surface area contributed by atoms with Crippen molar-refractivity contribution < 1.29 is 0 Å². The first-order valence-electron chi connectivity index (χ1n) is 6.10. The molecule has 0 atom stereocenters. The number of hydrogen-bond acceptors (Lipinski definition) is 2. The molecule has 0 unspecified atom stereocenters. The van der Waals surface area contributed by atoms with E-state index in [1.54, 1.807) is 0 Å². The first kappa shape index (κ1) is 15.0. The maximum absolute atomic E-state index is 5.43. The third-order valence-corrected chi connectivity index (χ3v) is 2.29. The maximum Gasteiger partial charge on any atom is 0.0314 e. The van der Waals surface area contributed by atoms with Crippen molar-refractivity contribution in [1.82, 2.24) is 4.90 Å². The molecule has 1 rings (SSSR count). The summed E-state index contributed by atoms with van der Waals surface area (Å²) < 4.78 is 0. The van der Waals surface area contributed by atoms with Gasteiger partial charge in [-0.05, 0) is 52.0 Å². The van der Waals surface area contributed by atoms with E-state index in [9.17, 15) is 0 Å². The summed E-state index contributed by atoms with van der Waals surface area (Å²) in [5, 5.41) is 0. The van der Waals surface area contributed by atoms with E-state index in [-0.39, 0.29) is 0 Å². The second kappa shape index (κ2) is 9.22. The Balaban J connectivity index is 0.000000281. The lowest BCUT2D eigenvalue weighted by molar-refractivity contribution is 0.335. The van der Waals surface area contributed by atoms with Gasteiger partial charge in [0.15, 0.2) is 0 Å². The quantitative estimate of drug-likeness (QED) is 0.792. The number of anilines is 1. The lowest BCUT2D eigenvalue weighted by atomic mass is 10.2. The number of rotatable bonds is 4. The number of nitrogen functional groups attached to an aromatic ring is 1. The molecular weight excluding hydrogens is 196 g/mol. The van der Waals surface area contributed by atoms with Crippen molar-refractivity contribution in [1.29, 1.82) is 0 Å². The Bertz CT molecular complexity index is 227. The van der Waals surface area contributed by atoms with Gasteiger partial charge >= 0.3 is 0 Å². The molecule has 0 aliphatic rings. The van der Waals surface area contributed by atoms with Crippen molar-refractivity contribution in [2.75, 3.05) is 25.9 Å². The van der Waals surface area contributed by atoms with E-state index in [2.05, 4.69) is 25.8 Å². The molecule has 1 aromatic carbocycles. The van der Waals surface area contributed by atoms with Gasteiger partial charge in [-0.1, -0.05) is 31.5 Å². The molecule has 0 aliphatic heterocycles. The van der Waals surface area contributed by atoms with Crippen LogP contribution in [0.1, 0.15) is 32.3 Å². The van der Waals surface area contributed by atoms with Crippen LogP contribution in [0.25, 0.3) is 0 Å². The fraction of sp³-hybridized carbons (Fsp3) is 0.571. The highest BCUT2D eigenvalue weighted by Gasteiger charge is 1.90. The van der Waals surface area contributed by atoms with E-state index in [4.69, 9.17) is 5.73 Å². The molecule has 16 heavy (non-hydrogen) atoms. The van der Waals surface area contributed by atoms with Crippen molar-refractivity contribution in [3.8, 4) is 0 Å². The summed E-state index contributed by atoms with van der Waals surface area (Å²) in [7, 11) is 2.17. The summed E-state index contributed by atoms with van der Waals surface area (Å²) >= 11 is 0. The molecule has 0 saturated carbocycles. The van der Waals surface area contributed by atoms with Crippen molar-refractivity contribution in [2.24, 2.45) is 0 Å². The van der Waals surface area contributed by atoms with Crippen LogP contribution in [0.15, 0.2) is 24.3 Å². The van der Waals surface area contributed by atoms with Gasteiger partial charge in [0.05, 0.1) is 0 Å². The Kier molecular flexibility index (Phi) is 8.64. The van der Waals surface area contributed by atoms with E-state index < -0.39 is 0 Å². The van der Waals surface area contributed by atoms with Crippen molar-refractivity contribution in [3.63, 3.8) is 0 Å². The summed E-state index contributed by atoms with van der Waals surface area (Å²) in [6, 6.07) is 7.79. The molecule has 0 saturated heterocycles. The van der Waals surface area contributed by atoms with Gasteiger partial charge in [-0.15, -0.1) is 0 Å². The van der Waals surface area contributed by atoms with E-state index in [0.717, 1.165) is 5.69 Å². The van der Waals surface area contributed by atoms with Gasteiger partial charge in [-0.25, -0.2) is 0 Å². The Labute approximate surface area is 100 Å². The molecule has 2 heteroatoms. The number of benzene rings is 1. The van der Waals surface area contributed by atoms with Crippen LogP contribution < -0.4 is 5.73 Å². The molecule has 92 valence electrons. The molecule has 0 heterocycles.